The number of alkyl halides is 3. The molecule has 1 aromatic heterocycles. The van der Waals surface area contributed by atoms with Crippen LogP contribution in [0.3, 0.4) is 0 Å². The van der Waals surface area contributed by atoms with E-state index in [1.165, 1.54) is 4.57 Å². The first-order valence-electron chi connectivity index (χ1n) is 8.44. The van der Waals surface area contributed by atoms with Gasteiger partial charge in [0.25, 0.3) is 0 Å². The van der Waals surface area contributed by atoms with Gasteiger partial charge in [0, 0.05) is 25.1 Å². The van der Waals surface area contributed by atoms with Crippen molar-refractivity contribution < 1.29 is 22.5 Å². The summed E-state index contributed by atoms with van der Waals surface area (Å²) >= 11 is 0. The Morgan fingerprint density at radius 1 is 1.04 bits per heavy atom. The van der Waals surface area contributed by atoms with Crippen LogP contribution in [0, 0.1) is 0 Å². The summed E-state index contributed by atoms with van der Waals surface area (Å²) < 4.78 is 51.8. The lowest BCUT2D eigenvalue weighted by atomic mass is 9.80. The van der Waals surface area contributed by atoms with E-state index < -0.39 is 23.1 Å². The Kier molecular flexibility index (Phi) is 4.47. The third-order valence-electron chi connectivity index (χ3n) is 5.08. The Bertz CT molecular complexity index is 782. The number of rotatable bonds is 3. The maximum atomic E-state index is 12.8. The number of aryl methyl sites for hydroxylation is 1. The van der Waals surface area contributed by atoms with Gasteiger partial charge in [0.15, 0.2) is 5.69 Å². The van der Waals surface area contributed by atoms with Gasteiger partial charge in [-0.2, -0.15) is 13.2 Å². The molecule has 0 unspecified atom stereocenters. The van der Waals surface area contributed by atoms with Gasteiger partial charge in [-0.25, -0.2) is 4.98 Å². The van der Waals surface area contributed by atoms with Crippen molar-refractivity contribution in [1.29, 1.82) is 0 Å². The fraction of sp³-hybridized carbons (Fsp3) is 0.500. The molecular formula is C18H22BF3N2O2. The van der Waals surface area contributed by atoms with E-state index >= 15 is 0 Å². The molecule has 0 radical (unpaired) electrons. The van der Waals surface area contributed by atoms with Crippen LogP contribution in [0.25, 0.3) is 11.4 Å². The molecule has 1 fully saturated rings. The van der Waals surface area contributed by atoms with E-state index in [1.807, 2.05) is 39.8 Å². The molecule has 2 aromatic rings. The molecule has 4 nitrogen and oxygen atoms in total. The molecule has 0 aliphatic carbocycles. The summed E-state index contributed by atoms with van der Waals surface area (Å²) in [7, 11) is 1.20. The first kappa shape index (κ1) is 19.0. The molecule has 1 saturated heterocycles. The lowest BCUT2D eigenvalue weighted by Crippen LogP contribution is -2.41. The minimum absolute atomic E-state index is 0.277. The molecule has 0 spiro atoms. The highest BCUT2D eigenvalue weighted by molar-refractivity contribution is 6.45. The van der Waals surface area contributed by atoms with Crippen molar-refractivity contribution in [3.05, 3.63) is 41.7 Å². The van der Waals surface area contributed by atoms with Crippen molar-refractivity contribution in [1.82, 2.24) is 9.55 Å². The smallest absolute Gasteiger partial charge is 0.403 e. The van der Waals surface area contributed by atoms with Crippen LogP contribution >= 0.6 is 0 Å². The Labute approximate surface area is 151 Å². The average molecular weight is 366 g/mol. The molecule has 0 saturated carbocycles. The van der Waals surface area contributed by atoms with Crippen LogP contribution in [0.2, 0.25) is 0 Å². The minimum Gasteiger partial charge on any atom is -0.403 e. The Morgan fingerprint density at radius 3 is 2.04 bits per heavy atom. The van der Waals surface area contributed by atoms with E-state index in [0.29, 0.717) is 11.9 Å². The average Bonchev–Trinajstić information content (AvgIpc) is 2.97. The van der Waals surface area contributed by atoms with E-state index in [1.54, 1.807) is 19.2 Å². The van der Waals surface area contributed by atoms with Crippen molar-refractivity contribution in [3.63, 3.8) is 0 Å². The maximum absolute atomic E-state index is 12.8. The van der Waals surface area contributed by atoms with Crippen molar-refractivity contribution in [2.24, 2.45) is 7.05 Å². The van der Waals surface area contributed by atoms with E-state index in [0.717, 1.165) is 11.8 Å². The Morgan fingerprint density at radius 2 is 1.58 bits per heavy atom. The van der Waals surface area contributed by atoms with Crippen LogP contribution in [0.1, 0.15) is 39.0 Å². The number of hydrogen-bond acceptors (Lipinski definition) is 3. The summed E-state index contributed by atoms with van der Waals surface area (Å²) in [5, 5.41) is 0. The van der Waals surface area contributed by atoms with Gasteiger partial charge < -0.3 is 13.9 Å². The fourth-order valence-electron chi connectivity index (χ4n) is 2.90. The minimum atomic E-state index is -4.45. The Balaban J connectivity index is 1.75. The highest BCUT2D eigenvalue weighted by Crippen LogP contribution is 2.37. The highest BCUT2D eigenvalue weighted by Gasteiger charge is 2.50. The third-order valence-corrected chi connectivity index (χ3v) is 5.08. The SMILES string of the molecule is Cn1cc(C(F)(F)F)nc1-c1ccc(CB2OC(C)(C)C(C)(C)O2)cc1. The number of halogens is 3. The third kappa shape index (κ3) is 3.53. The molecule has 26 heavy (non-hydrogen) atoms. The normalized spacial score (nSPS) is 19.2. The van der Waals surface area contributed by atoms with Crippen LogP contribution in [0.5, 0.6) is 0 Å². The molecule has 0 bridgehead atoms. The second kappa shape index (κ2) is 6.13. The quantitative estimate of drug-likeness (QED) is 0.761. The van der Waals surface area contributed by atoms with E-state index in [4.69, 9.17) is 9.31 Å². The zero-order valence-corrected chi connectivity index (χ0v) is 15.5. The highest BCUT2D eigenvalue weighted by atomic mass is 19.4. The number of imidazole rings is 1. The fourth-order valence-corrected chi connectivity index (χ4v) is 2.90. The van der Waals surface area contributed by atoms with Crippen LogP contribution in [-0.2, 0) is 28.9 Å². The zero-order chi connectivity index (χ0) is 19.3. The summed E-state index contributed by atoms with van der Waals surface area (Å²) in [5.41, 5.74) is -0.0635. The summed E-state index contributed by atoms with van der Waals surface area (Å²) in [4.78, 5) is 3.71. The predicted octanol–water partition coefficient (Wildman–Crippen LogP) is 4.28. The van der Waals surface area contributed by atoms with Crippen molar-refractivity contribution in [2.45, 2.75) is 51.4 Å². The topological polar surface area (TPSA) is 36.3 Å². The van der Waals surface area contributed by atoms with Gasteiger partial charge in [-0.1, -0.05) is 24.3 Å². The summed E-state index contributed by atoms with van der Waals surface area (Å²) in [6.07, 6.45) is -2.89. The molecule has 3 rings (SSSR count). The lowest BCUT2D eigenvalue weighted by molar-refractivity contribution is -0.140. The largest absolute Gasteiger partial charge is 0.462 e. The molecule has 8 heteroatoms. The predicted molar refractivity (Wildman–Crippen MR) is 93.4 cm³/mol. The van der Waals surface area contributed by atoms with E-state index in [9.17, 15) is 13.2 Å². The molecule has 1 aliphatic rings. The number of aromatic nitrogens is 2. The standard InChI is InChI=1S/C18H22BF3N2O2/c1-16(2)17(3,4)26-19(25-16)10-12-6-8-13(9-7-12)15-23-14(11-24(15)5)18(20,21)22/h6-9,11H,10H2,1-5H3. The number of hydrogen-bond donors (Lipinski definition) is 0. The van der Waals surface area contributed by atoms with Crippen molar-refractivity contribution in [3.8, 4) is 11.4 Å². The maximum Gasteiger partial charge on any atom is 0.462 e. The first-order valence-corrected chi connectivity index (χ1v) is 8.44. The van der Waals surface area contributed by atoms with Crippen LogP contribution in [-0.4, -0.2) is 27.9 Å². The number of nitrogens with zero attached hydrogens (tertiary/aromatic N) is 2. The molecule has 1 aliphatic heterocycles. The van der Waals surface area contributed by atoms with E-state index in [-0.39, 0.29) is 12.9 Å². The van der Waals surface area contributed by atoms with Gasteiger partial charge in [-0.05, 0) is 33.3 Å². The summed E-state index contributed by atoms with van der Waals surface area (Å²) in [6.45, 7) is 7.98. The summed E-state index contributed by atoms with van der Waals surface area (Å²) in [5.74, 6) is 0.277. The molecule has 1 aromatic carbocycles. The lowest BCUT2D eigenvalue weighted by Gasteiger charge is -2.32. The van der Waals surface area contributed by atoms with Gasteiger partial charge in [-0.3, -0.25) is 0 Å². The van der Waals surface area contributed by atoms with Gasteiger partial charge in [0.2, 0.25) is 0 Å². The van der Waals surface area contributed by atoms with E-state index in [2.05, 4.69) is 4.98 Å². The second-order valence-corrected chi connectivity index (χ2v) is 7.65. The molecule has 0 atom stereocenters. The van der Waals surface area contributed by atoms with Crippen LogP contribution in [0.4, 0.5) is 13.2 Å². The monoisotopic (exact) mass is 366 g/mol. The molecular weight excluding hydrogens is 344 g/mol. The van der Waals surface area contributed by atoms with Crippen LogP contribution < -0.4 is 0 Å². The molecule has 0 amide bonds. The zero-order valence-electron chi connectivity index (χ0n) is 15.5. The van der Waals surface area contributed by atoms with Gasteiger partial charge in [-0.15, -0.1) is 0 Å². The van der Waals surface area contributed by atoms with Gasteiger partial charge >= 0.3 is 13.3 Å². The molecule has 2 heterocycles. The molecule has 140 valence electrons. The van der Waals surface area contributed by atoms with Crippen molar-refractivity contribution in [2.75, 3.05) is 0 Å². The molecule has 0 N–H and O–H groups in total. The number of benzene rings is 1. The van der Waals surface area contributed by atoms with Crippen LogP contribution in [0.15, 0.2) is 30.5 Å². The Hall–Kier alpha value is -1.80. The van der Waals surface area contributed by atoms with Gasteiger partial charge in [0.1, 0.15) is 5.82 Å². The summed E-state index contributed by atoms with van der Waals surface area (Å²) in [6, 6.07) is 7.26. The second-order valence-electron chi connectivity index (χ2n) is 7.65. The van der Waals surface area contributed by atoms with Crippen molar-refractivity contribution >= 4 is 7.12 Å². The van der Waals surface area contributed by atoms with Gasteiger partial charge in [0.05, 0.1) is 11.2 Å². The first-order chi connectivity index (χ1) is 11.9.